The zero-order valence-electron chi connectivity index (χ0n) is 14.6. The van der Waals surface area contributed by atoms with Gasteiger partial charge in [0.25, 0.3) is 11.6 Å². The fourth-order valence-electron chi connectivity index (χ4n) is 4.34. The average Bonchev–Trinajstić information content (AvgIpc) is 3.21. The van der Waals surface area contributed by atoms with Crippen LogP contribution >= 0.6 is 11.6 Å². The minimum atomic E-state index is -0.573. The number of halogens is 1. The number of carbonyl (C=O) groups is 1. The van der Waals surface area contributed by atoms with Crippen molar-refractivity contribution < 1.29 is 14.1 Å². The Labute approximate surface area is 161 Å². The van der Waals surface area contributed by atoms with Crippen molar-refractivity contribution in [3.8, 4) is 0 Å². The highest BCUT2D eigenvalue weighted by Gasteiger charge is 2.41. The van der Waals surface area contributed by atoms with Crippen molar-refractivity contribution in [3.63, 3.8) is 0 Å². The van der Waals surface area contributed by atoms with E-state index in [4.69, 9.17) is 16.0 Å². The monoisotopic (exact) mass is 389 g/mol. The Morgan fingerprint density at radius 1 is 1.30 bits per heavy atom. The van der Waals surface area contributed by atoms with Crippen LogP contribution in [0.5, 0.6) is 0 Å². The van der Waals surface area contributed by atoms with E-state index in [-0.39, 0.29) is 22.3 Å². The summed E-state index contributed by atoms with van der Waals surface area (Å²) >= 11 is 5.83. The molecule has 0 radical (unpaired) electrons. The third-order valence-corrected chi connectivity index (χ3v) is 5.77. The van der Waals surface area contributed by atoms with Gasteiger partial charge in [-0.15, -0.1) is 0 Å². The molecule has 3 heterocycles. The molecule has 2 aromatic rings. The van der Waals surface area contributed by atoms with Gasteiger partial charge < -0.3 is 9.73 Å². The first-order valence-corrected chi connectivity index (χ1v) is 9.42. The first-order valence-electron chi connectivity index (χ1n) is 9.04. The van der Waals surface area contributed by atoms with E-state index in [0.29, 0.717) is 12.1 Å². The molecule has 0 spiro atoms. The van der Waals surface area contributed by atoms with Crippen LogP contribution in [0.4, 0.5) is 5.69 Å². The van der Waals surface area contributed by atoms with Crippen LogP contribution in [0.2, 0.25) is 5.02 Å². The Kier molecular flexibility index (Phi) is 4.88. The molecular formula is C19H20ClN3O4. The summed E-state index contributed by atoms with van der Waals surface area (Å²) in [6.07, 6.45) is 5.55. The summed E-state index contributed by atoms with van der Waals surface area (Å²) < 4.78 is 5.47. The second kappa shape index (κ2) is 7.32. The average molecular weight is 390 g/mol. The van der Waals surface area contributed by atoms with E-state index in [9.17, 15) is 14.9 Å². The largest absolute Gasteiger partial charge is 0.468 e. The van der Waals surface area contributed by atoms with Crippen LogP contribution in [0.15, 0.2) is 41.0 Å². The lowest BCUT2D eigenvalue weighted by molar-refractivity contribution is -0.385. The van der Waals surface area contributed by atoms with Crippen molar-refractivity contribution in [1.82, 2.24) is 10.2 Å². The zero-order valence-corrected chi connectivity index (χ0v) is 15.4. The van der Waals surface area contributed by atoms with Crippen LogP contribution in [-0.2, 0) is 6.54 Å². The summed E-state index contributed by atoms with van der Waals surface area (Å²) in [5, 5.41) is 14.5. The van der Waals surface area contributed by atoms with E-state index in [1.165, 1.54) is 18.2 Å². The molecule has 2 saturated heterocycles. The molecule has 27 heavy (non-hydrogen) atoms. The number of hydrogen-bond acceptors (Lipinski definition) is 5. The normalized spacial score (nSPS) is 24.7. The smallest absolute Gasteiger partial charge is 0.283 e. The van der Waals surface area contributed by atoms with Gasteiger partial charge in [-0.3, -0.25) is 19.8 Å². The molecule has 4 rings (SSSR count). The maximum absolute atomic E-state index is 12.6. The fraction of sp³-hybridized carbons (Fsp3) is 0.421. The van der Waals surface area contributed by atoms with Crippen molar-refractivity contribution in [3.05, 3.63) is 63.1 Å². The first-order chi connectivity index (χ1) is 13.0. The minimum Gasteiger partial charge on any atom is -0.468 e. The van der Waals surface area contributed by atoms with E-state index in [2.05, 4.69) is 10.2 Å². The topological polar surface area (TPSA) is 88.6 Å². The molecule has 1 amide bonds. The van der Waals surface area contributed by atoms with Gasteiger partial charge in [-0.25, -0.2) is 0 Å². The van der Waals surface area contributed by atoms with Crippen LogP contribution in [0.3, 0.4) is 0 Å². The molecule has 0 aliphatic carbocycles. The number of amides is 1. The fourth-order valence-corrected chi connectivity index (χ4v) is 4.51. The van der Waals surface area contributed by atoms with Crippen LogP contribution in [0, 0.1) is 10.1 Å². The molecular weight excluding hydrogens is 370 g/mol. The summed E-state index contributed by atoms with van der Waals surface area (Å²) in [7, 11) is 0. The standard InChI is InChI=1S/C19H20ClN3O4/c20-12-3-6-17(18(8-12)23(25)26)19(24)21-13-9-14-4-5-15(10-13)22(14)11-16-2-1-7-27-16/h1-3,6-8,13-15H,4-5,9-11H2,(H,21,24)/t14-,15-/m1/s1. The van der Waals surface area contributed by atoms with Crippen molar-refractivity contribution in [1.29, 1.82) is 0 Å². The van der Waals surface area contributed by atoms with Crippen LogP contribution < -0.4 is 5.32 Å². The maximum Gasteiger partial charge on any atom is 0.283 e. The SMILES string of the molecule is O=C(NC1C[C@H]2CC[C@H](C1)N2Cc1ccco1)c1ccc(Cl)cc1[N+](=O)[O-]. The van der Waals surface area contributed by atoms with Gasteiger partial charge in [0, 0.05) is 29.2 Å². The third-order valence-electron chi connectivity index (χ3n) is 5.54. The summed E-state index contributed by atoms with van der Waals surface area (Å²) in [6.45, 7) is 0.783. The molecule has 142 valence electrons. The second-order valence-corrected chi connectivity index (χ2v) is 7.63. The quantitative estimate of drug-likeness (QED) is 0.621. The lowest BCUT2D eigenvalue weighted by atomic mass is 9.96. The zero-order chi connectivity index (χ0) is 19.0. The number of carbonyl (C=O) groups excluding carboxylic acids is 1. The second-order valence-electron chi connectivity index (χ2n) is 7.20. The van der Waals surface area contributed by atoms with Crippen molar-refractivity contribution in [2.24, 2.45) is 0 Å². The number of rotatable bonds is 5. The number of hydrogen-bond donors (Lipinski definition) is 1. The number of furan rings is 1. The summed E-state index contributed by atoms with van der Waals surface area (Å²) in [6, 6.07) is 8.79. The van der Waals surface area contributed by atoms with Crippen LogP contribution in [-0.4, -0.2) is 33.9 Å². The van der Waals surface area contributed by atoms with Gasteiger partial charge >= 0.3 is 0 Å². The van der Waals surface area contributed by atoms with E-state index in [1.807, 2.05) is 12.1 Å². The van der Waals surface area contributed by atoms with E-state index < -0.39 is 10.8 Å². The number of nitro groups is 1. The lowest BCUT2D eigenvalue weighted by Gasteiger charge is -2.38. The van der Waals surface area contributed by atoms with Gasteiger partial charge in [0.2, 0.25) is 0 Å². The number of nitrogens with one attached hydrogen (secondary N) is 1. The summed E-state index contributed by atoms with van der Waals surface area (Å²) in [5.41, 5.74) is -0.215. The molecule has 2 atom stereocenters. The third kappa shape index (κ3) is 3.70. The van der Waals surface area contributed by atoms with Gasteiger partial charge in [0.1, 0.15) is 11.3 Å². The predicted octanol–water partition coefficient (Wildman–Crippen LogP) is 3.77. The van der Waals surface area contributed by atoms with Crippen LogP contribution in [0.1, 0.15) is 41.8 Å². The highest BCUT2D eigenvalue weighted by Crippen LogP contribution is 2.37. The van der Waals surface area contributed by atoms with Gasteiger partial charge in [0.05, 0.1) is 17.7 Å². The Morgan fingerprint density at radius 3 is 2.67 bits per heavy atom. The highest BCUT2D eigenvalue weighted by atomic mass is 35.5. The maximum atomic E-state index is 12.6. The van der Waals surface area contributed by atoms with Gasteiger partial charge in [-0.05, 0) is 49.9 Å². The van der Waals surface area contributed by atoms with Gasteiger partial charge in [-0.2, -0.15) is 0 Å². The minimum absolute atomic E-state index is 0.0122. The molecule has 1 N–H and O–H groups in total. The number of fused-ring (bicyclic) bond motifs is 2. The first kappa shape index (κ1) is 18.0. The lowest BCUT2D eigenvalue weighted by Crippen LogP contribution is -2.50. The highest BCUT2D eigenvalue weighted by molar-refractivity contribution is 6.31. The molecule has 7 nitrogen and oxygen atoms in total. The van der Waals surface area contributed by atoms with E-state index in [0.717, 1.165) is 38.0 Å². The number of benzene rings is 1. The summed E-state index contributed by atoms with van der Waals surface area (Å²) in [5.74, 6) is 0.536. The molecule has 2 aliphatic heterocycles. The van der Waals surface area contributed by atoms with E-state index >= 15 is 0 Å². The Morgan fingerprint density at radius 2 is 2.04 bits per heavy atom. The van der Waals surface area contributed by atoms with Crippen molar-refractivity contribution in [2.75, 3.05) is 0 Å². The molecule has 2 fully saturated rings. The van der Waals surface area contributed by atoms with E-state index in [1.54, 1.807) is 6.26 Å². The number of piperidine rings is 1. The number of nitro benzene ring substituents is 1. The Bertz CT molecular complexity index is 841. The Hall–Kier alpha value is -2.38. The molecule has 2 aliphatic rings. The molecule has 1 aromatic heterocycles. The van der Waals surface area contributed by atoms with Gasteiger partial charge in [-0.1, -0.05) is 11.6 Å². The molecule has 0 saturated carbocycles. The van der Waals surface area contributed by atoms with Crippen LogP contribution in [0.25, 0.3) is 0 Å². The van der Waals surface area contributed by atoms with Crippen molar-refractivity contribution in [2.45, 2.75) is 50.4 Å². The van der Waals surface area contributed by atoms with Gasteiger partial charge in [0.15, 0.2) is 0 Å². The molecule has 8 heteroatoms. The van der Waals surface area contributed by atoms with Crippen molar-refractivity contribution >= 4 is 23.2 Å². The molecule has 0 unspecified atom stereocenters. The Balaban J connectivity index is 1.43. The predicted molar refractivity (Wildman–Crippen MR) is 99.7 cm³/mol. The summed E-state index contributed by atoms with van der Waals surface area (Å²) in [4.78, 5) is 25.7. The molecule has 1 aromatic carbocycles. The molecule has 2 bridgehead atoms. The number of nitrogens with zero attached hydrogens (tertiary/aromatic N) is 2.